The van der Waals surface area contributed by atoms with Gasteiger partial charge in [0, 0.05) is 12.1 Å². The van der Waals surface area contributed by atoms with E-state index < -0.39 is 0 Å². The second kappa shape index (κ2) is 3.21. The van der Waals surface area contributed by atoms with Gasteiger partial charge < -0.3 is 11.5 Å². The number of nitrogens with two attached hydrogens (primary N) is 2. The molecule has 0 spiro atoms. The van der Waals surface area contributed by atoms with Gasteiger partial charge >= 0.3 is 0 Å². The van der Waals surface area contributed by atoms with Crippen LogP contribution in [-0.2, 0) is 0 Å². The molecule has 0 aromatic heterocycles. The summed E-state index contributed by atoms with van der Waals surface area (Å²) < 4.78 is 0. The molecule has 86 valence electrons. The predicted molar refractivity (Wildman–Crippen MR) is 62.2 cm³/mol. The summed E-state index contributed by atoms with van der Waals surface area (Å²) in [5, 5.41) is 0. The van der Waals surface area contributed by atoms with Crippen molar-refractivity contribution in [2.24, 2.45) is 34.6 Å². The third kappa shape index (κ3) is 1.45. The van der Waals surface area contributed by atoms with Crippen LogP contribution in [0.2, 0.25) is 0 Å². The minimum absolute atomic E-state index is 0.168. The summed E-state index contributed by atoms with van der Waals surface area (Å²) in [6.45, 7) is 2.09. The molecule has 0 unspecified atom stereocenters. The maximum absolute atomic E-state index is 6.39. The Kier molecular flexibility index (Phi) is 2.16. The fraction of sp³-hybridized carbons (Fsp3) is 1.00. The Hall–Kier alpha value is -0.0800. The average molecular weight is 208 g/mol. The van der Waals surface area contributed by atoms with E-state index in [1.165, 1.54) is 38.5 Å². The Morgan fingerprint density at radius 1 is 0.933 bits per heavy atom. The smallest absolute Gasteiger partial charge is 0.0247 e. The molecule has 0 amide bonds. The highest BCUT2D eigenvalue weighted by molar-refractivity contribution is 5.06. The molecule has 4 aliphatic rings. The van der Waals surface area contributed by atoms with Gasteiger partial charge in [0.1, 0.15) is 0 Å². The molecule has 0 heterocycles. The third-order valence-corrected chi connectivity index (χ3v) is 5.36. The van der Waals surface area contributed by atoms with Gasteiger partial charge in [-0.25, -0.2) is 0 Å². The zero-order valence-electron chi connectivity index (χ0n) is 9.78. The van der Waals surface area contributed by atoms with Crippen molar-refractivity contribution < 1.29 is 0 Å². The topological polar surface area (TPSA) is 52.0 Å². The van der Waals surface area contributed by atoms with E-state index >= 15 is 0 Å². The van der Waals surface area contributed by atoms with Crippen LogP contribution in [0.1, 0.15) is 45.4 Å². The van der Waals surface area contributed by atoms with Crippen LogP contribution in [0, 0.1) is 23.2 Å². The molecule has 2 atom stereocenters. The summed E-state index contributed by atoms with van der Waals surface area (Å²) in [7, 11) is 0. The average Bonchev–Trinajstić information content (AvgIpc) is 2.14. The highest BCUT2D eigenvalue weighted by Crippen LogP contribution is 2.61. The van der Waals surface area contributed by atoms with Crippen molar-refractivity contribution in [3.8, 4) is 0 Å². The summed E-state index contributed by atoms with van der Waals surface area (Å²) in [6, 6.07) is 0.409. The van der Waals surface area contributed by atoms with Crippen molar-refractivity contribution in [1.29, 1.82) is 0 Å². The van der Waals surface area contributed by atoms with Crippen molar-refractivity contribution in [3.63, 3.8) is 0 Å². The van der Waals surface area contributed by atoms with Gasteiger partial charge in [0.15, 0.2) is 0 Å². The number of hydrogen-bond acceptors (Lipinski definition) is 2. The van der Waals surface area contributed by atoms with E-state index in [2.05, 4.69) is 6.92 Å². The molecular formula is C13H24N2. The van der Waals surface area contributed by atoms with Gasteiger partial charge in [-0.1, -0.05) is 0 Å². The van der Waals surface area contributed by atoms with Crippen LogP contribution in [-0.4, -0.2) is 12.1 Å². The van der Waals surface area contributed by atoms with E-state index in [4.69, 9.17) is 11.5 Å². The van der Waals surface area contributed by atoms with Crippen molar-refractivity contribution in [2.75, 3.05) is 0 Å². The molecule has 4 rings (SSSR count). The van der Waals surface area contributed by atoms with E-state index in [-0.39, 0.29) is 12.1 Å². The lowest BCUT2D eigenvalue weighted by atomic mass is 9.47. The van der Waals surface area contributed by atoms with Crippen LogP contribution in [0.4, 0.5) is 0 Å². The SMILES string of the molecule is C[C@@H](N)[C@@H](N)C12CC3CC(CC(C3)C1)C2. The molecule has 2 nitrogen and oxygen atoms in total. The summed E-state index contributed by atoms with van der Waals surface area (Å²) in [4.78, 5) is 0. The van der Waals surface area contributed by atoms with Gasteiger partial charge in [0.05, 0.1) is 0 Å². The zero-order valence-corrected chi connectivity index (χ0v) is 9.78. The first-order chi connectivity index (χ1) is 7.09. The molecule has 0 saturated heterocycles. The summed E-state index contributed by atoms with van der Waals surface area (Å²) >= 11 is 0. The lowest BCUT2D eigenvalue weighted by molar-refractivity contribution is -0.0699. The Morgan fingerprint density at radius 2 is 1.33 bits per heavy atom. The molecule has 0 aliphatic heterocycles. The predicted octanol–water partition coefficient (Wildman–Crippen LogP) is 1.88. The van der Waals surface area contributed by atoms with Crippen LogP contribution in [0.5, 0.6) is 0 Å². The molecule has 0 aromatic carbocycles. The lowest BCUT2D eigenvalue weighted by Crippen LogP contribution is -2.59. The van der Waals surface area contributed by atoms with Crippen molar-refractivity contribution >= 4 is 0 Å². The second-order valence-electron chi connectivity index (χ2n) is 6.66. The lowest BCUT2D eigenvalue weighted by Gasteiger charge is -2.59. The molecule has 0 radical (unpaired) electrons. The Morgan fingerprint density at radius 3 is 1.67 bits per heavy atom. The van der Waals surface area contributed by atoms with Crippen LogP contribution in [0.25, 0.3) is 0 Å². The highest BCUT2D eigenvalue weighted by Gasteiger charge is 2.53. The first-order valence-electron chi connectivity index (χ1n) is 6.60. The molecule has 4 aliphatic carbocycles. The minimum Gasteiger partial charge on any atom is -0.327 e. The van der Waals surface area contributed by atoms with Crippen molar-refractivity contribution in [3.05, 3.63) is 0 Å². The fourth-order valence-electron chi connectivity index (χ4n) is 5.14. The molecule has 2 heteroatoms. The van der Waals surface area contributed by atoms with Crippen LogP contribution >= 0.6 is 0 Å². The van der Waals surface area contributed by atoms with Crippen LogP contribution in [0.15, 0.2) is 0 Å². The van der Waals surface area contributed by atoms with Gasteiger partial charge in [-0.15, -0.1) is 0 Å². The highest BCUT2D eigenvalue weighted by atomic mass is 14.8. The molecule has 4 N–H and O–H groups in total. The molecule has 4 bridgehead atoms. The largest absolute Gasteiger partial charge is 0.327 e. The van der Waals surface area contributed by atoms with E-state index in [1.807, 2.05) is 0 Å². The Bertz CT molecular complexity index is 224. The maximum Gasteiger partial charge on any atom is 0.0247 e. The van der Waals surface area contributed by atoms with E-state index in [0.29, 0.717) is 5.41 Å². The summed E-state index contributed by atoms with van der Waals surface area (Å²) in [5.74, 6) is 2.96. The van der Waals surface area contributed by atoms with Gasteiger partial charge in [0.25, 0.3) is 0 Å². The molecule has 15 heavy (non-hydrogen) atoms. The van der Waals surface area contributed by atoms with Gasteiger partial charge in [-0.2, -0.15) is 0 Å². The molecular weight excluding hydrogens is 184 g/mol. The summed E-state index contributed by atoms with van der Waals surface area (Å²) in [6.07, 6.45) is 8.60. The molecule has 4 fully saturated rings. The zero-order chi connectivity index (χ0) is 10.6. The Balaban J connectivity index is 1.86. The van der Waals surface area contributed by atoms with E-state index in [9.17, 15) is 0 Å². The molecule has 0 aromatic rings. The standard InChI is InChI=1S/C13H24N2/c1-8(14)12(15)13-5-9-2-10(6-13)4-11(3-9)7-13/h8-12H,2-7,14-15H2,1H3/t8-,9?,10?,11?,12-,13?/m1/s1. The van der Waals surface area contributed by atoms with Crippen LogP contribution in [0.3, 0.4) is 0 Å². The van der Waals surface area contributed by atoms with Gasteiger partial charge in [-0.3, -0.25) is 0 Å². The van der Waals surface area contributed by atoms with Crippen molar-refractivity contribution in [1.82, 2.24) is 0 Å². The maximum atomic E-state index is 6.39. The van der Waals surface area contributed by atoms with Gasteiger partial charge in [0.2, 0.25) is 0 Å². The van der Waals surface area contributed by atoms with E-state index in [1.54, 1.807) is 0 Å². The molecule has 4 saturated carbocycles. The number of hydrogen-bond donors (Lipinski definition) is 2. The fourth-order valence-corrected chi connectivity index (χ4v) is 5.14. The van der Waals surface area contributed by atoms with Crippen molar-refractivity contribution in [2.45, 2.75) is 57.5 Å². The van der Waals surface area contributed by atoms with E-state index in [0.717, 1.165) is 17.8 Å². The van der Waals surface area contributed by atoms with Gasteiger partial charge in [-0.05, 0) is 68.6 Å². The monoisotopic (exact) mass is 208 g/mol. The summed E-state index contributed by atoms with van der Waals surface area (Å²) in [5.41, 5.74) is 12.9. The Labute approximate surface area is 92.8 Å². The first kappa shape index (κ1) is 10.1. The van der Waals surface area contributed by atoms with Crippen LogP contribution < -0.4 is 11.5 Å². The quantitative estimate of drug-likeness (QED) is 0.728. The third-order valence-electron chi connectivity index (χ3n) is 5.36. The second-order valence-corrected chi connectivity index (χ2v) is 6.66. The number of rotatable bonds is 2. The minimum atomic E-state index is 0.168. The first-order valence-corrected chi connectivity index (χ1v) is 6.60. The normalized spacial score (nSPS) is 51.8.